The minimum absolute atomic E-state index is 0.0867. The van der Waals surface area contributed by atoms with E-state index in [1.807, 2.05) is 69.4 Å². The fourth-order valence-electron chi connectivity index (χ4n) is 2.99. The second-order valence-corrected chi connectivity index (χ2v) is 6.63. The third kappa shape index (κ3) is 3.23. The van der Waals surface area contributed by atoms with E-state index in [1.165, 1.54) is 0 Å². The standard InChI is InChI=1S/C20H23NO3/c1-20(2,16-7-5-4-6-8-16)19(22)21(3)14-15-9-10-17-18(13-15)24-12-11-23-17/h4-10,13H,11-12,14H2,1-3H3. The zero-order valence-electron chi connectivity index (χ0n) is 14.4. The van der Waals surface area contributed by atoms with Crippen molar-refractivity contribution in [2.45, 2.75) is 25.8 Å². The molecule has 4 nitrogen and oxygen atoms in total. The SMILES string of the molecule is CN(Cc1ccc2c(c1)OCCO2)C(=O)C(C)(C)c1ccccc1. The second-order valence-electron chi connectivity index (χ2n) is 6.63. The lowest BCUT2D eigenvalue weighted by Gasteiger charge is -2.30. The molecule has 0 fully saturated rings. The first-order valence-corrected chi connectivity index (χ1v) is 8.18. The molecule has 0 saturated carbocycles. The van der Waals surface area contributed by atoms with Crippen LogP contribution < -0.4 is 9.47 Å². The van der Waals surface area contributed by atoms with Crippen molar-refractivity contribution in [2.24, 2.45) is 0 Å². The Morgan fingerprint density at radius 2 is 1.71 bits per heavy atom. The van der Waals surface area contributed by atoms with Crippen molar-refractivity contribution < 1.29 is 14.3 Å². The summed E-state index contributed by atoms with van der Waals surface area (Å²) in [6.45, 7) is 5.60. The van der Waals surface area contributed by atoms with Crippen LogP contribution in [-0.4, -0.2) is 31.1 Å². The van der Waals surface area contributed by atoms with Crippen LogP contribution in [0.25, 0.3) is 0 Å². The van der Waals surface area contributed by atoms with Gasteiger partial charge in [0.1, 0.15) is 13.2 Å². The Morgan fingerprint density at radius 1 is 1.04 bits per heavy atom. The number of hydrogen-bond acceptors (Lipinski definition) is 3. The highest BCUT2D eigenvalue weighted by atomic mass is 16.6. The van der Waals surface area contributed by atoms with Gasteiger partial charge in [-0.25, -0.2) is 0 Å². The number of carbonyl (C=O) groups excluding carboxylic acids is 1. The molecule has 0 saturated heterocycles. The van der Waals surface area contributed by atoms with Gasteiger partial charge >= 0.3 is 0 Å². The van der Waals surface area contributed by atoms with Crippen LogP contribution in [0, 0.1) is 0 Å². The predicted molar refractivity (Wildman–Crippen MR) is 93.4 cm³/mol. The molecule has 0 bridgehead atoms. The Hall–Kier alpha value is -2.49. The zero-order valence-corrected chi connectivity index (χ0v) is 14.4. The lowest BCUT2D eigenvalue weighted by molar-refractivity contribution is -0.135. The van der Waals surface area contributed by atoms with E-state index in [2.05, 4.69) is 0 Å². The minimum atomic E-state index is -0.566. The predicted octanol–water partition coefficient (Wildman–Crippen LogP) is 3.39. The number of rotatable bonds is 4. The van der Waals surface area contributed by atoms with Gasteiger partial charge in [0.05, 0.1) is 5.41 Å². The van der Waals surface area contributed by atoms with Gasteiger partial charge in [-0.15, -0.1) is 0 Å². The van der Waals surface area contributed by atoms with E-state index in [0.29, 0.717) is 19.8 Å². The van der Waals surface area contributed by atoms with Crippen molar-refractivity contribution in [2.75, 3.05) is 20.3 Å². The number of ether oxygens (including phenoxy) is 2. The second kappa shape index (κ2) is 6.56. The quantitative estimate of drug-likeness (QED) is 0.865. The third-order valence-corrected chi connectivity index (χ3v) is 4.40. The number of carbonyl (C=O) groups is 1. The Balaban J connectivity index is 1.74. The molecule has 0 spiro atoms. The molecule has 126 valence electrons. The summed E-state index contributed by atoms with van der Waals surface area (Å²) in [5.41, 5.74) is 1.48. The fraction of sp³-hybridized carbons (Fsp3) is 0.350. The Bertz CT molecular complexity index is 725. The van der Waals surface area contributed by atoms with Crippen LogP contribution in [0.3, 0.4) is 0 Å². The first-order chi connectivity index (χ1) is 11.5. The molecule has 0 unspecified atom stereocenters. The molecule has 0 aliphatic carbocycles. The van der Waals surface area contributed by atoms with E-state index in [4.69, 9.17) is 9.47 Å². The first kappa shape index (κ1) is 16.4. The molecule has 1 aliphatic heterocycles. The van der Waals surface area contributed by atoms with Crippen molar-refractivity contribution in [3.63, 3.8) is 0 Å². The molecule has 0 aromatic heterocycles. The van der Waals surface area contributed by atoms with Gasteiger partial charge in [0.25, 0.3) is 0 Å². The Kier molecular flexibility index (Phi) is 4.47. The Morgan fingerprint density at radius 3 is 2.42 bits per heavy atom. The number of nitrogens with zero attached hydrogens (tertiary/aromatic N) is 1. The van der Waals surface area contributed by atoms with Crippen molar-refractivity contribution in [3.05, 3.63) is 59.7 Å². The van der Waals surface area contributed by atoms with Gasteiger partial charge in [-0.1, -0.05) is 36.4 Å². The van der Waals surface area contributed by atoms with Crippen molar-refractivity contribution in [1.82, 2.24) is 4.90 Å². The van der Waals surface area contributed by atoms with Crippen LogP contribution in [0.2, 0.25) is 0 Å². The molecule has 3 rings (SSSR count). The molecular formula is C20H23NO3. The van der Waals surface area contributed by atoms with Crippen molar-refractivity contribution >= 4 is 5.91 Å². The summed E-state index contributed by atoms with van der Waals surface area (Å²) in [5.74, 6) is 1.61. The van der Waals surface area contributed by atoms with Crippen LogP contribution in [-0.2, 0) is 16.8 Å². The third-order valence-electron chi connectivity index (χ3n) is 4.40. The van der Waals surface area contributed by atoms with E-state index in [9.17, 15) is 4.79 Å². The highest BCUT2D eigenvalue weighted by Crippen LogP contribution is 2.31. The summed E-state index contributed by atoms with van der Waals surface area (Å²) in [5, 5.41) is 0. The number of likely N-dealkylation sites (N-methyl/N-ethyl adjacent to an activating group) is 1. The summed E-state index contributed by atoms with van der Waals surface area (Å²) >= 11 is 0. The molecule has 2 aromatic carbocycles. The van der Waals surface area contributed by atoms with Crippen LogP contribution in [0.5, 0.6) is 11.5 Å². The van der Waals surface area contributed by atoms with Crippen LogP contribution in [0.1, 0.15) is 25.0 Å². The molecule has 1 amide bonds. The lowest BCUT2D eigenvalue weighted by atomic mass is 9.83. The molecule has 24 heavy (non-hydrogen) atoms. The molecule has 0 atom stereocenters. The fourth-order valence-corrected chi connectivity index (χ4v) is 2.99. The monoisotopic (exact) mass is 325 g/mol. The molecular weight excluding hydrogens is 302 g/mol. The lowest BCUT2D eigenvalue weighted by Crippen LogP contribution is -2.41. The summed E-state index contributed by atoms with van der Waals surface area (Å²) < 4.78 is 11.2. The van der Waals surface area contributed by atoms with E-state index in [1.54, 1.807) is 4.90 Å². The maximum atomic E-state index is 12.9. The Labute approximate surface area is 143 Å². The number of hydrogen-bond donors (Lipinski definition) is 0. The van der Waals surface area contributed by atoms with E-state index >= 15 is 0 Å². The van der Waals surface area contributed by atoms with E-state index < -0.39 is 5.41 Å². The summed E-state index contributed by atoms with van der Waals surface area (Å²) in [6.07, 6.45) is 0. The van der Waals surface area contributed by atoms with Gasteiger partial charge in [0.15, 0.2) is 11.5 Å². The van der Waals surface area contributed by atoms with Gasteiger partial charge in [-0.05, 0) is 37.1 Å². The zero-order chi connectivity index (χ0) is 17.2. The van der Waals surface area contributed by atoms with Gasteiger partial charge in [-0.2, -0.15) is 0 Å². The average molecular weight is 325 g/mol. The molecule has 2 aromatic rings. The number of amides is 1. The topological polar surface area (TPSA) is 38.8 Å². The van der Waals surface area contributed by atoms with Gasteiger partial charge in [0, 0.05) is 13.6 Å². The maximum Gasteiger partial charge on any atom is 0.232 e. The minimum Gasteiger partial charge on any atom is -0.486 e. The smallest absolute Gasteiger partial charge is 0.232 e. The number of benzene rings is 2. The van der Waals surface area contributed by atoms with Crippen molar-refractivity contribution in [1.29, 1.82) is 0 Å². The highest BCUT2D eigenvalue weighted by Gasteiger charge is 2.32. The van der Waals surface area contributed by atoms with Crippen LogP contribution >= 0.6 is 0 Å². The van der Waals surface area contributed by atoms with E-state index in [-0.39, 0.29) is 5.91 Å². The van der Waals surface area contributed by atoms with Gasteiger partial charge in [-0.3, -0.25) is 4.79 Å². The normalized spacial score (nSPS) is 13.5. The van der Waals surface area contributed by atoms with Gasteiger partial charge in [0.2, 0.25) is 5.91 Å². The summed E-state index contributed by atoms with van der Waals surface area (Å²) in [7, 11) is 1.84. The van der Waals surface area contributed by atoms with E-state index in [0.717, 1.165) is 22.6 Å². The van der Waals surface area contributed by atoms with Crippen molar-refractivity contribution in [3.8, 4) is 11.5 Å². The maximum absolute atomic E-state index is 12.9. The number of fused-ring (bicyclic) bond motifs is 1. The average Bonchev–Trinajstić information content (AvgIpc) is 2.61. The van der Waals surface area contributed by atoms with Crippen LogP contribution in [0.4, 0.5) is 0 Å². The summed E-state index contributed by atoms with van der Waals surface area (Å²) in [6, 6.07) is 15.7. The van der Waals surface area contributed by atoms with Gasteiger partial charge < -0.3 is 14.4 Å². The molecule has 1 aliphatic rings. The molecule has 4 heteroatoms. The molecule has 0 radical (unpaired) electrons. The molecule has 0 N–H and O–H groups in total. The largest absolute Gasteiger partial charge is 0.486 e. The first-order valence-electron chi connectivity index (χ1n) is 8.18. The highest BCUT2D eigenvalue weighted by molar-refractivity contribution is 5.87. The summed E-state index contributed by atoms with van der Waals surface area (Å²) in [4.78, 5) is 14.7. The van der Waals surface area contributed by atoms with Crippen LogP contribution in [0.15, 0.2) is 48.5 Å². The molecule has 1 heterocycles.